The van der Waals surface area contributed by atoms with Gasteiger partial charge in [-0.3, -0.25) is 24.3 Å². The highest BCUT2D eigenvalue weighted by Gasteiger charge is 2.43. The van der Waals surface area contributed by atoms with Crippen LogP contribution in [0.25, 0.3) is 0 Å². The summed E-state index contributed by atoms with van der Waals surface area (Å²) in [6.45, 7) is 8.88. The standard InChI is InChI=1S/C49H54N6O8Si/c1-59-43-20-38-40(51-24-37-18-30-9-6-7-10-32(30)25-53(37)47(38)56)22-45(43)62-27-35-11-8-12-36(52-35)28-63-46-23-41-39(21-44(46)60-2)48(57)54-26-33-17-34(50)14-13-31(33)19-42(54)49(58)55(41)29-61-15-16-64(3,4)5/h6-14,17,20-23,37,42,51H,15-16,18-19,24-29,50H2,1-5H3/t37-,42-/m0/s1. The lowest BCUT2D eigenvalue weighted by atomic mass is 9.92. The molecular weight excluding hydrogens is 829 g/mol. The van der Waals surface area contributed by atoms with Crippen molar-refractivity contribution >= 4 is 42.9 Å². The van der Waals surface area contributed by atoms with Crippen molar-refractivity contribution in [3.05, 3.63) is 130 Å². The molecule has 3 amide bonds. The Hall–Kier alpha value is -6.58. The number of hydrogen-bond acceptors (Lipinski definition) is 11. The minimum absolute atomic E-state index is 0.0208. The molecule has 0 saturated carbocycles. The number of rotatable bonds is 13. The molecule has 14 nitrogen and oxygen atoms in total. The molecule has 332 valence electrons. The van der Waals surface area contributed by atoms with Gasteiger partial charge in [0.15, 0.2) is 23.0 Å². The number of benzene rings is 4. The quantitative estimate of drug-likeness (QED) is 0.0709. The van der Waals surface area contributed by atoms with E-state index in [9.17, 15) is 14.4 Å². The topological polar surface area (TPSA) is 158 Å². The van der Waals surface area contributed by atoms with E-state index < -0.39 is 14.1 Å². The van der Waals surface area contributed by atoms with Crippen molar-refractivity contribution in [1.29, 1.82) is 0 Å². The molecule has 4 aliphatic rings. The number of hydrogen-bond donors (Lipinski definition) is 2. The van der Waals surface area contributed by atoms with Crippen LogP contribution in [-0.4, -0.2) is 86.8 Å². The van der Waals surface area contributed by atoms with Crippen molar-refractivity contribution in [2.75, 3.05) is 50.1 Å². The molecule has 4 aliphatic heterocycles. The van der Waals surface area contributed by atoms with Crippen LogP contribution in [0.15, 0.2) is 84.9 Å². The van der Waals surface area contributed by atoms with Crippen LogP contribution < -0.4 is 34.9 Å². The lowest BCUT2D eigenvalue weighted by Crippen LogP contribution is -2.52. The normalized spacial score (nSPS) is 17.7. The molecule has 1 aromatic heterocycles. The van der Waals surface area contributed by atoms with E-state index in [4.69, 9.17) is 34.4 Å². The lowest BCUT2D eigenvalue weighted by Gasteiger charge is -2.35. The van der Waals surface area contributed by atoms with Crippen LogP contribution in [0.5, 0.6) is 23.0 Å². The van der Waals surface area contributed by atoms with Crippen LogP contribution >= 0.6 is 0 Å². The average Bonchev–Trinajstić information content (AvgIpc) is 3.47. The summed E-state index contributed by atoms with van der Waals surface area (Å²) < 4.78 is 30.4. The summed E-state index contributed by atoms with van der Waals surface area (Å²) in [7, 11) is 1.66. The monoisotopic (exact) mass is 882 g/mol. The largest absolute Gasteiger partial charge is 0.493 e. The van der Waals surface area contributed by atoms with E-state index in [1.165, 1.54) is 18.2 Å². The Bertz CT molecular complexity index is 2630. The number of carbonyl (C=O) groups excluding carboxylic acids is 3. The van der Waals surface area contributed by atoms with E-state index in [0.29, 0.717) is 88.7 Å². The summed E-state index contributed by atoms with van der Waals surface area (Å²) in [5, 5.41) is 3.50. The molecule has 3 N–H and O–H groups in total. The van der Waals surface area contributed by atoms with Gasteiger partial charge in [0.2, 0.25) is 0 Å². The third kappa shape index (κ3) is 8.57. The van der Waals surface area contributed by atoms with Gasteiger partial charge in [0, 0.05) is 58.6 Å². The molecule has 5 aromatic rings. The minimum atomic E-state index is -1.42. The second kappa shape index (κ2) is 17.5. The number of nitrogens with zero attached hydrogens (tertiary/aromatic N) is 4. The zero-order valence-corrected chi connectivity index (χ0v) is 37.9. The molecule has 5 heterocycles. The second-order valence-electron chi connectivity index (χ2n) is 18.0. The molecule has 0 aliphatic carbocycles. The van der Waals surface area contributed by atoms with Crippen LogP contribution in [0.1, 0.15) is 54.4 Å². The first-order valence-electron chi connectivity index (χ1n) is 21.7. The van der Waals surface area contributed by atoms with Gasteiger partial charge in [-0.05, 0) is 71.1 Å². The van der Waals surface area contributed by atoms with E-state index in [0.717, 1.165) is 23.6 Å². The van der Waals surface area contributed by atoms with Gasteiger partial charge in [-0.1, -0.05) is 56.0 Å². The molecule has 15 heteroatoms. The summed E-state index contributed by atoms with van der Waals surface area (Å²) in [5.74, 6) is 1.02. The van der Waals surface area contributed by atoms with Crippen molar-refractivity contribution in [2.45, 2.75) is 76.9 Å². The number of amides is 3. The van der Waals surface area contributed by atoms with Crippen LogP contribution in [0.4, 0.5) is 17.1 Å². The van der Waals surface area contributed by atoms with Crippen LogP contribution in [0.2, 0.25) is 25.7 Å². The summed E-state index contributed by atoms with van der Waals surface area (Å²) >= 11 is 0. The maximum Gasteiger partial charge on any atom is 0.257 e. The molecule has 64 heavy (non-hydrogen) atoms. The first-order valence-corrected chi connectivity index (χ1v) is 25.4. The number of methoxy groups -OCH3 is 2. The van der Waals surface area contributed by atoms with E-state index in [1.807, 2.05) is 59.5 Å². The maximum absolute atomic E-state index is 14.5. The Morgan fingerprint density at radius 3 is 2.09 bits per heavy atom. The van der Waals surface area contributed by atoms with E-state index >= 15 is 0 Å². The number of ether oxygens (including phenoxy) is 5. The van der Waals surface area contributed by atoms with Gasteiger partial charge in [-0.2, -0.15) is 0 Å². The number of anilines is 3. The van der Waals surface area contributed by atoms with Crippen molar-refractivity contribution in [1.82, 2.24) is 14.8 Å². The van der Waals surface area contributed by atoms with Crippen molar-refractivity contribution < 1.29 is 38.1 Å². The first-order chi connectivity index (χ1) is 30.9. The maximum atomic E-state index is 14.5. The fourth-order valence-corrected chi connectivity index (χ4v) is 9.67. The molecule has 9 rings (SSSR count). The minimum Gasteiger partial charge on any atom is -0.493 e. The van der Waals surface area contributed by atoms with Crippen LogP contribution in [0, 0.1) is 0 Å². The number of aromatic nitrogens is 1. The van der Waals surface area contributed by atoms with Crippen molar-refractivity contribution in [2.24, 2.45) is 0 Å². The number of nitrogens with two attached hydrogens (primary N) is 1. The Labute approximate surface area is 374 Å². The number of nitrogens with one attached hydrogen (secondary N) is 1. The lowest BCUT2D eigenvalue weighted by molar-refractivity contribution is -0.124. The highest BCUT2D eigenvalue weighted by atomic mass is 28.3. The Morgan fingerprint density at radius 1 is 0.719 bits per heavy atom. The molecule has 0 spiro atoms. The van der Waals surface area contributed by atoms with E-state index in [2.05, 4.69) is 37.1 Å². The number of pyridine rings is 1. The van der Waals surface area contributed by atoms with Gasteiger partial charge < -0.3 is 44.5 Å². The molecule has 0 fully saturated rings. The van der Waals surface area contributed by atoms with Crippen LogP contribution in [0.3, 0.4) is 0 Å². The van der Waals surface area contributed by atoms with Gasteiger partial charge in [0.05, 0.1) is 54.2 Å². The SMILES string of the molecule is COc1cc2c(cc1OCc1cccc(COc3cc4c(cc3OC)C(=O)N3Cc5cc(N)ccc5C[C@H]3C(=O)N4COCC[Si](C)(C)C)n1)NC[C@@H]1Cc3ccccc3CN1C2=O. The molecular formula is C49H54N6O8Si. The molecule has 0 saturated heterocycles. The fraction of sp³-hybridized carbons (Fsp3) is 0.347. The zero-order chi connectivity index (χ0) is 44.7. The van der Waals surface area contributed by atoms with Crippen LogP contribution in [-0.2, 0) is 48.7 Å². The number of carbonyl (C=O) groups is 3. The highest BCUT2D eigenvalue weighted by molar-refractivity contribution is 6.76. The third-order valence-electron chi connectivity index (χ3n) is 12.5. The van der Waals surface area contributed by atoms with E-state index in [1.54, 1.807) is 35.1 Å². The molecule has 0 unspecified atom stereocenters. The number of fused-ring (bicyclic) bond motifs is 6. The van der Waals surface area contributed by atoms with Gasteiger partial charge in [0.1, 0.15) is 26.0 Å². The summed E-state index contributed by atoms with van der Waals surface area (Å²) in [4.78, 5) is 52.9. The second-order valence-corrected chi connectivity index (χ2v) is 23.6. The van der Waals surface area contributed by atoms with Gasteiger partial charge in [-0.15, -0.1) is 0 Å². The molecule has 0 radical (unpaired) electrons. The number of nitrogen functional groups attached to an aromatic ring is 1. The zero-order valence-electron chi connectivity index (χ0n) is 36.9. The summed E-state index contributed by atoms with van der Waals surface area (Å²) in [5.41, 5.74) is 14.3. The fourth-order valence-electron chi connectivity index (χ4n) is 8.91. The highest BCUT2D eigenvalue weighted by Crippen LogP contribution is 2.42. The Balaban J connectivity index is 0.929. The Morgan fingerprint density at radius 2 is 1.38 bits per heavy atom. The Kier molecular flexibility index (Phi) is 11.7. The molecule has 2 atom stereocenters. The molecule has 0 bridgehead atoms. The van der Waals surface area contributed by atoms with Gasteiger partial charge in [0.25, 0.3) is 17.7 Å². The predicted molar refractivity (Wildman–Crippen MR) is 246 cm³/mol. The van der Waals surface area contributed by atoms with Crippen molar-refractivity contribution in [3.63, 3.8) is 0 Å². The van der Waals surface area contributed by atoms with Crippen molar-refractivity contribution in [3.8, 4) is 23.0 Å². The van der Waals surface area contributed by atoms with Gasteiger partial charge in [-0.25, -0.2) is 0 Å². The molecule has 4 aromatic carbocycles. The third-order valence-corrected chi connectivity index (χ3v) is 14.2. The van der Waals surface area contributed by atoms with E-state index in [-0.39, 0.29) is 50.3 Å². The van der Waals surface area contributed by atoms with Gasteiger partial charge >= 0.3 is 0 Å². The summed E-state index contributed by atoms with van der Waals surface area (Å²) in [6, 6.07) is 26.6. The average molecular weight is 883 g/mol. The predicted octanol–water partition coefficient (Wildman–Crippen LogP) is 7.06. The summed E-state index contributed by atoms with van der Waals surface area (Å²) in [6.07, 6.45) is 1.14. The first kappa shape index (κ1) is 42.7. The smallest absolute Gasteiger partial charge is 0.257 e.